The monoisotopic (exact) mass is 2390 g/mol. The number of pyridine rings is 9. The van der Waals surface area contributed by atoms with Crippen LogP contribution in [0.2, 0.25) is 0 Å². The first-order valence-electron chi connectivity index (χ1n) is 40.3. The number of rotatable bonds is 7. The average molecular weight is 2400 g/mol. The molecule has 8 aromatic carbocycles. The van der Waals surface area contributed by atoms with E-state index in [1.54, 1.807) is 80.2 Å². The molecule has 670 valence electrons. The number of nitrogens with zero attached hydrogens (tertiary/aromatic N) is 19. The number of ether oxygens (including phenoxy) is 1. The minimum atomic E-state index is 0. The van der Waals surface area contributed by atoms with E-state index in [0.29, 0.717) is 57.1 Å². The number of aromatic amines is 1. The van der Waals surface area contributed by atoms with Crippen LogP contribution in [0.25, 0.3) is 189 Å². The van der Waals surface area contributed by atoms with Crippen molar-refractivity contribution in [3.05, 3.63) is 431 Å². The zero-order valence-electron chi connectivity index (χ0n) is 72.6. The molecule has 25 nitrogen and oxygen atoms in total. The number of nitrogens with one attached hydrogen (secondary N) is 1. The number of carbonyl (C=O) groups is 1. The van der Waals surface area contributed by atoms with E-state index < -0.39 is 0 Å². The van der Waals surface area contributed by atoms with Gasteiger partial charge in [-0.3, -0.25) is 52.7 Å². The summed E-state index contributed by atoms with van der Waals surface area (Å²) >= 11 is 16.7. The molecule has 0 amide bonds. The molecule has 23 aromatic rings. The van der Waals surface area contributed by atoms with Gasteiger partial charge >= 0.3 is 144 Å². The summed E-state index contributed by atoms with van der Waals surface area (Å²) in [4.78, 5) is 70.3. The van der Waals surface area contributed by atoms with Crippen molar-refractivity contribution in [3.63, 3.8) is 0 Å². The number of phenolic OH excluding ortho intramolecular Hbond substituents is 1. The van der Waals surface area contributed by atoms with Crippen molar-refractivity contribution in [1.82, 2.24) is 57.2 Å². The summed E-state index contributed by atoms with van der Waals surface area (Å²) in [7, 11) is 1.75. The third-order valence-corrected chi connectivity index (χ3v) is 24.6. The van der Waals surface area contributed by atoms with Crippen LogP contribution in [-0.4, -0.2) is 74.1 Å². The molecular weight excluding hydrogens is 2330 g/mol. The molecule has 0 atom stereocenters. The summed E-state index contributed by atoms with van der Waals surface area (Å²) in [5, 5.41) is 23.0. The molecule has 140 heavy (non-hydrogen) atoms. The Morgan fingerprint density at radius 2 is 0.743 bits per heavy atom. The number of aromatic nitrogens is 12. The van der Waals surface area contributed by atoms with Gasteiger partial charge in [0.25, 0.3) is 1.43 Å². The SMILES string of the molecule is Brc1cccc(-c2ccc[nH]2)n1.C.C.C.Oc1ccc2c3ccccc3n(-c3ccccn3)c2c1.[2H]OOC=O.[C-]#[N+]c1cc(Br)c(Br)cc1[N+]#[C-].[C-]#[N+]c1cc2c3ccc(Br)nc3c3cccn3c2cc1[N+]#[C-].[C-]#[N+]c1cc2c3ccc(Br)nc3c3cccn3c2cc1[N+]#[C-].[C-]#[N+]c1cc2c3ccc(Oc4ccc5c6ccccc6n(-c6ccccn6)c5c4)nc3c3cccn3c2cc1[N+]#[C-].[CH2-]F.[Cs+].[Cs+]. The minimum Gasteiger partial charge on any atom is -0.508 e. The second-order valence-corrected chi connectivity index (χ2v) is 33.0. The predicted octanol–water partition coefficient (Wildman–Crippen LogP) is 27.4. The van der Waals surface area contributed by atoms with Crippen molar-refractivity contribution in [2.75, 3.05) is 0 Å². The standard InChI is InChI=1S/C34H18N6O.2C17H7BrN4.C17H12N2O.C9H7BrN2.C8H2Br2N2.CH2F.CH2O3.3CH4.2Cs/c1-35-26-19-25-24-14-15-33(38-34(24)29-10-7-17-39(29)30(25)20-27(26)36-2)41-21-12-13-23-22-8-3-4-9-28(22)40(31(23)18-21)32-11-5-6-16-37-32;2*1-19-12-8-11-10-5-6-16(18)21-17(10)14-4-3-7-22(14)15(11)9-13(12)20-2;20-12-8-9-14-13-5-1-2-6-15(13)19(16(14)11-12)17-7-3-4-10-18-17;10-9-5-1-3-8(12-9)7-4-2-6-11-7;1-11-7-3-5(9)6(10)4-8(7)12-2;1-2;2-1-4-3;;;;;/h3-20H;2*3-9H;1-11,20H;1-6,11H;3-4H;1H2;1,3H;3*1H4;;/q;;;;;;-1;;;;;2*+1/i/hD. The number of hydrogen-bond acceptors (Lipinski definition) is 11. The summed E-state index contributed by atoms with van der Waals surface area (Å²) in [6, 6.07) is 86.9. The van der Waals surface area contributed by atoms with E-state index in [4.69, 9.17) is 68.5 Å². The number of hydrogen-bond donors (Lipinski definition) is 3. The molecule has 0 saturated carbocycles. The van der Waals surface area contributed by atoms with Crippen molar-refractivity contribution in [1.29, 1.82) is 1.43 Å². The number of aromatic hydroxyl groups is 1. The third kappa shape index (κ3) is 22.1. The summed E-state index contributed by atoms with van der Waals surface area (Å²) in [5.41, 5.74) is 17.1. The van der Waals surface area contributed by atoms with Crippen molar-refractivity contribution < 1.29 is 167 Å². The van der Waals surface area contributed by atoms with Crippen LogP contribution in [0.15, 0.2) is 333 Å². The van der Waals surface area contributed by atoms with Gasteiger partial charge in [0.05, 0.1) is 119 Å². The molecule has 0 radical (unpaired) electrons. The van der Waals surface area contributed by atoms with E-state index in [-0.39, 0.29) is 172 Å². The van der Waals surface area contributed by atoms with Gasteiger partial charge in [-0.1, -0.05) is 139 Å². The first-order chi connectivity index (χ1) is 66.5. The normalized spacial score (nSPS) is 10.2. The van der Waals surface area contributed by atoms with Gasteiger partial charge in [0.15, 0.2) is 45.5 Å². The Labute approximate surface area is 963 Å². The van der Waals surface area contributed by atoms with Gasteiger partial charge in [-0.15, -0.1) is 0 Å². The second-order valence-electron chi connectivity index (χ2n) is 28.8. The number of para-hydroxylation sites is 2. The Hall–Kier alpha value is -13.2. The number of benzene rings is 8. The molecular formula is C107H69Br5Cs2FN20O5+. The molecule has 0 unspecified atom stereocenters. The maximum Gasteiger partial charge on any atom is 1.00 e. The van der Waals surface area contributed by atoms with Crippen LogP contribution in [-0.2, 0) is 9.68 Å². The fourth-order valence-electron chi connectivity index (χ4n) is 15.8. The van der Waals surface area contributed by atoms with Gasteiger partial charge in [-0.05, 0) is 234 Å². The van der Waals surface area contributed by atoms with E-state index in [0.717, 1.165) is 171 Å². The molecule has 0 spiro atoms. The molecule has 0 fully saturated rings. The molecule has 15 aromatic heterocycles. The maximum absolute atomic E-state index is 9.79. The van der Waals surface area contributed by atoms with Crippen molar-refractivity contribution >= 4 is 257 Å². The zero-order chi connectivity index (χ0) is 95.2. The zero-order valence-corrected chi connectivity index (χ0v) is 92.1. The molecule has 0 aliphatic carbocycles. The molecule has 33 heteroatoms. The van der Waals surface area contributed by atoms with Crippen molar-refractivity contribution in [3.8, 4) is 40.4 Å². The van der Waals surface area contributed by atoms with Crippen LogP contribution in [0.4, 0.5) is 49.9 Å². The van der Waals surface area contributed by atoms with Crippen LogP contribution < -0.4 is 143 Å². The molecule has 23 rings (SSSR count). The third-order valence-electron chi connectivity index (χ3n) is 21.4. The Morgan fingerprint density at radius 1 is 0.364 bits per heavy atom. The molecule has 15 heterocycles. The summed E-state index contributed by atoms with van der Waals surface area (Å²) < 4.78 is 35.5. The molecule has 0 aliphatic rings. The van der Waals surface area contributed by atoms with Gasteiger partial charge < -0.3 is 37.3 Å². The first-order valence-corrected chi connectivity index (χ1v) is 43.9. The van der Waals surface area contributed by atoms with Crippen molar-refractivity contribution in [2.24, 2.45) is 0 Å². The summed E-state index contributed by atoms with van der Waals surface area (Å²) in [5.74, 6) is 3.07. The number of phenols is 1. The summed E-state index contributed by atoms with van der Waals surface area (Å²) in [6.07, 6.45) is 11.3. The van der Waals surface area contributed by atoms with Gasteiger partial charge in [0.1, 0.15) is 36.9 Å². The fourth-order valence-corrected chi connectivity index (χ4v) is 17.4. The quantitative estimate of drug-likeness (QED) is 0.0339. The van der Waals surface area contributed by atoms with Gasteiger partial charge in [-0.25, -0.2) is 35.2 Å². The number of halogens is 6. The van der Waals surface area contributed by atoms with Crippen molar-refractivity contribution in [2.45, 2.75) is 22.3 Å². The van der Waals surface area contributed by atoms with Crippen LogP contribution in [0, 0.1) is 59.8 Å². The van der Waals surface area contributed by atoms with Crippen LogP contribution >= 0.6 is 79.6 Å². The Balaban J connectivity index is 0.000000166. The fraction of sp³-hybridized carbons (Fsp3) is 0.0280. The van der Waals surface area contributed by atoms with E-state index in [2.05, 4.69) is 198 Å². The van der Waals surface area contributed by atoms with Crippen LogP contribution in [0.1, 0.15) is 22.3 Å². The number of carbonyl (C=O) groups excluding carboxylic acids is 1. The smallest absolute Gasteiger partial charge is 0.508 e. The van der Waals surface area contributed by atoms with Crippen LogP contribution in [0.3, 0.4) is 0 Å². The minimum absolute atomic E-state index is 0. The maximum atomic E-state index is 9.79. The Kier molecular flexibility index (Phi) is 37.0. The van der Waals surface area contributed by atoms with Gasteiger partial charge in [0, 0.05) is 119 Å². The van der Waals surface area contributed by atoms with E-state index in [1.807, 2.05) is 220 Å². The average Bonchev–Trinajstić information content (AvgIpc) is 1.66. The van der Waals surface area contributed by atoms with E-state index in [1.165, 1.54) is 0 Å². The largest absolute Gasteiger partial charge is 1.00 e. The molecule has 0 aliphatic heterocycles. The second kappa shape index (κ2) is 49.1. The molecule has 0 saturated heterocycles. The van der Waals surface area contributed by atoms with Gasteiger partial charge in [0.2, 0.25) is 5.88 Å². The van der Waals surface area contributed by atoms with Gasteiger partial charge in [-0.2, -0.15) is 7.18 Å². The summed E-state index contributed by atoms with van der Waals surface area (Å²) in [6.45, 7) is 57.8. The number of H-pyrrole nitrogens is 1. The Bertz CT molecular complexity index is 8820. The number of fused-ring (bicyclic) bond motifs is 24. The van der Waals surface area contributed by atoms with Crippen LogP contribution in [0.5, 0.6) is 17.4 Å². The Morgan fingerprint density at radius 3 is 1.14 bits per heavy atom. The predicted molar refractivity (Wildman–Crippen MR) is 565 cm³/mol. The van der Waals surface area contributed by atoms with E-state index in [9.17, 15) is 9.50 Å². The topological polar surface area (TPSA) is 227 Å². The molecule has 3 N–H and O–H groups in total. The first kappa shape index (κ1) is 106. The van der Waals surface area contributed by atoms with E-state index >= 15 is 0 Å². The molecule has 0 bridgehead atoms.